The van der Waals surface area contributed by atoms with Gasteiger partial charge in [-0.15, -0.1) is 0 Å². The smallest absolute Gasteiger partial charge is 0.230 e. The summed E-state index contributed by atoms with van der Waals surface area (Å²) < 4.78 is 4.73. The summed E-state index contributed by atoms with van der Waals surface area (Å²) in [6.45, 7) is 7.80. The molecule has 0 aliphatic heterocycles. The van der Waals surface area contributed by atoms with E-state index < -0.39 is 0 Å². The van der Waals surface area contributed by atoms with Crippen LogP contribution >= 0.6 is 0 Å². The normalized spacial score (nSPS) is 11.1. The highest BCUT2D eigenvalue weighted by Gasteiger charge is 2.20. The number of benzene rings is 1. The number of aryl methyl sites for hydroxylation is 1. The largest absolute Gasteiger partial charge is 0.289 e. The Morgan fingerprint density at radius 1 is 1.17 bits per heavy atom. The number of rotatable bonds is 5. The van der Waals surface area contributed by atoms with Crippen LogP contribution in [0.15, 0.2) is 42.7 Å². The maximum Gasteiger partial charge on any atom is 0.289 e. The first-order valence-electron chi connectivity index (χ1n) is 6.89. The molecule has 0 radical (unpaired) electrons. The summed E-state index contributed by atoms with van der Waals surface area (Å²) in [5, 5.41) is 0. The second-order valence-corrected chi connectivity index (χ2v) is 5.04. The lowest BCUT2D eigenvalue weighted by Crippen LogP contribution is -2.35. The van der Waals surface area contributed by atoms with E-state index in [4.69, 9.17) is 0 Å². The zero-order valence-electron chi connectivity index (χ0n) is 11.6. The fraction of sp³-hybridized carbons (Fsp3) is 0.438. The van der Waals surface area contributed by atoms with E-state index in [1.54, 1.807) is 0 Å². The van der Waals surface area contributed by atoms with E-state index in [1.165, 1.54) is 24.2 Å². The van der Waals surface area contributed by atoms with Crippen molar-refractivity contribution >= 4 is 0 Å². The van der Waals surface area contributed by atoms with Crippen molar-refractivity contribution in [3.8, 4) is 11.4 Å². The lowest BCUT2D eigenvalue weighted by atomic mass is 10.2. The average Bonchev–Trinajstić information content (AvgIpc) is 2.81. The summed E-state index contributed by atoms with van der Waals surface area (Å²) in [6, 6.07) is 11.2. The predicted octanol–water partition coefficient (Wildman–Crippen LogP) is 3.82. The van der Waals surface area contributed by atoms with E-state index in [0.29, 0.717) is 6.04 Å². The summed E-state index contributed by atoms with van der Waals surface area (Å²) in [6.07, 6.45) is 6.86. The van der Waals surface area contributed by atoms with Crippen molar-refractivity contribution in [2.45, 2.75) is 46.2 Å². The molecule has 2 nitrogen and oxygen atoms in total. The first-order chi connectivity index (χ1) is 8.74. The molecule has 0 fully saturated rings. The molecule has 0 unspecified atom stereocenters. The molecular weight excluding hydrogens is 220 g/mol. The molecule has 96 valence electrons. The molecule has 0 spiro atoms. The number of nitrogens with zero attached hydrogens (tertiary/aromatic N) is 2. The first-order valence-corrected chi connectivity index (χ1v) is 6.89. The van der Waals surface area contributed by atoms with Crippen LogP contribution in [-0.4, -0.2) is 4.57 Å². The maximum atomic E-state index is 2.37. The van der Waals surface area contributed by atoms with Gasteiger partial charge in [0.25, 0.3) is 5.82 Å². The Kier molecular flexibility index (Phi) is 4.19. The minimum absolute atomic E-state index is 0.489. The van der Waals surface area contributed by atoms with Gasteiger partial charge < -0.3 is 0 Å². The van der Waals surface area contributed by atoms with Crippen molar-refractivity contribution in [2.75, 3.05) is 0 Å². The van der Waals surface area contributed by atoms with Crippen molar-refractivity contribution in [2.24, 2.45) is 0 Å². The number of hydrogen-bond acceptors (Lipinski definition) is 0. The van der Waals surface area contributed by atoms with E-state index in [1.807, 2.05) is 0 Å². The van der Waals surface area contributed by atoms with Gasteiger partial charge in [-0.3, -0.25) is 0 Å². The zero-order chi connectivity index (χ0) is 13.0. The fourth-order valence-electron chi connectivity index (χ4n) is 2.27. The first kappa shape index (κ1) is 12.9. The summed E-state index contributed by atoms with van der Waals surface area (Å²) in [7, 11) is 0. The number of hydrogen-bond donors (Lipinski definition) is 0. The molecule has 1 aromatic carbocycles. The monoisotopic (exact) mass is 243 g/mol. The third-order valence-corrected chi connectivity index (χ3v) is 3.26. The topological polar surface area (TPSA) is 8.81 Å². The maximum absolute atomic E-state index is 2.37. The molecule has 0 atom stereocenters. The van der Waals surface area contributed by atoms with Crippen molar-refractivity contribution in [1.82, 2.24) is 4.57 Å². The number of unbranched alkanes of at least 4 members (excludes halogenated alkanes) is 1. The van der Waals surface area contributed by atoms with Gasteiger partial charge in [0.1, 0.15) is 12.4 Å². The molecule has 1 aromatic heterocycles. The molecule has 1 heterocycles. The van der Waals surface area contributed by atoms with Crippen LogP contribution in [0.25, 0.3) is 11.4 Å². The third kappa shape index (κ3) is 2.63. The van der Waals surface area contributed by atoms with Gasteiger partial charge in [0.15, 0.2) is 0 Å². The van der Waals surface area contributed by atoms with Gasteiger partial charge in [-0.1, -0.05) is 31.5 Å². The fourth-order valence-corrected chi connectivity index (χ4v) is 2.27. The molecule has 0 bridgehead atoms. The Balaban J connectivity index is 2.44. The van der Waals surface area contributed by atoms with E-state index in [2.05, 4.69) is 72.6 Å². The van der Waals surface area contributed by atoms with Crippen LogP contribution in [0.2, 0.25) is 0 Å². The highest BCUT2D eigenvalue weighted by molar-refractivity contribution is 5.52. The number of aromatic nitrogens is 2. The Labute approximate surface area is 110 Å². The molecule has 0 aliphatic rings. The van der Waals surface area contributed by atoms with E-state index in [9.17, 15) is 0 Å². The Morgan fingerprint density at radius 3 is 2.50 bits per heavy atom. The molecular formula is C16H23N2+. The lowest BCUT2D eigenvalue weighted by Gasteiger charge is -2.07. The van der Waals surface area contributed by atoms with Crippen LogP contribution in [0.5, 0.6) is 0 Å². The Bertz CT molecular complexity index is 483. The minimum atomic E-state index is 0.489. The summed E-state index contributed by atoms with van der Waals surface area (Å²) in [4.78, 5) is 0. The van der Waals surface area contributed by atoms with Gasteiger partial charge in [0.05, 0.1) is 18.2 Å². The van der Waals surface area contributed by atoms with Crippen LogP contribution in [0.1, 0.15) is 39.7 Å². The Morgan fingerprint density at radius 2 is 1.89 bits per heavy atom. The van der Waals surface area contributed by atoms with Crippen molar-refractivity contribution in [3.05, 3.63) is 42.7 Å². The molecule has 2 rings (SSSR count). The second kappa shape index (κ2) is 5.85. The van der Waals surface area contributed by atoms with E-state index in [-0.39, 0.29) is 0 Å². The number of imidazole rings is 1. The van der Waals surface area contributed by atoms with Crippen LogP contribution in [0.4, 0.5) is 0 Å². The van der Waals surface area contributed by atoms with Crippen LogP contribution < -0.4 is 4.57 Å². The summed E-state index contributed by atoms with van der Waals surface area (Å²) >= 11 is 0. The van der Waals surface area contributed by atoms with Crippen LogP contribution in [-0.2, 0) is 6.54 Å². The highest BCUT2D eigenvalue weighted by Crippen LogP contribution is 2.19. The molecule has 0 aliphatic carbocycles. The molecule has 0 saturated heterocycles. The lowest BCUT2D eigenvalue weighted by molar-refractivity contribution is -0.686. The standard InChI is InChI=1S/C16H23N2/c1-4-5-11-17-12-13-18(14(2)3)16(17)15-9-7-6-8-10-15/h6-10,12-14H,4-5,11H2,1-3H3/q+1. The highest BCUT2D eigenvalue weighted by atomic mass is 15.2. The van der Waals surface area contributed by atoms with Gasteiger partial charge in [0.2, 0.25) is 0 Å². The van der Waals surface area contributed by atoms with E-state index >= 15 is 0 Å². The van der Waals surface area contributed by atoms with Gasteiger partial charge >= 0.3 is 0 Å². The quantitative estimate of drug-likeness (QED) is 0.706. The van der Waals surface area contributed by atoms with E-state index in [0.717, 1.165) is 6.54 Å². The van der Waals surface area contributed by atoms with Crippen molar-refractivity contribution < 1.29 is 4.57 Å². The van der Waals surface area contributed by atoms with Gasteiger partial charge in [-0.2, -0.15) is 0 Å². The molecule has 0 amide bonds. The predicted molar refractivity (Wildman–Crippen MR) is 75.4 cm³/mol. The molecule has 2 heteroatoms. The summed E-state index contributed by atoms with van der Waals surface area (Å²) in [5.41, 5.74) is 1.30. The van der Waals surface area contributed by atoms with Crippen LogP contribution in [0.3, 0.4) is 0 Å². The third-order valence-electron chi connectivity index (χ3n) is 3.26. The van der Waals surface area contributed by atoms with Crippen LogP contribution in [0, 0.1) is 0 Å². The van der Waals surface area contributed by atoms with Gasteiger partial charge in [-0.25, -0.2) is 9.13 Å². The Hall–Kier alpha value is -1.57. The minimum Gasteiger partial charge on any atom is -0.230 e. The zero-order valence-corrected chi connectivity index (χ0v) is 11.6. The van der Waals surface area contributed by atoms with Gasteiger partial charge in [-0.05, 0) is 32.4 Å². The van der Waals surface area contributed by atoms with Crippen molar-refractivity contribution in [1.29, 1.82) is 0 Å². The van der Waals surface area contributed by atoms with Crippen molar-refractivity contribution in [3.63, 3.8) is 0 Å². The molecule has 0 saturated carbocycles. The van der Waals surface area contributed by atoms with Gasteiger partial charge in [0, 0.05) is 0 Å². The molecule has 0 N–H and O–H groups in total. The second-order valence-electron chi connectivity index (χ2n) is 5.04. The molecule has 18 heavy (non-hydrogen) atoms. The summed E-state index contributed by atoms with van der Waals surface area (Å²) in [5.74, 6) is 1.32. The SMILES string of the molecule is CCCC[n+]1ccn(C(C)C)c1-c1ccccc1. The average molecular weight is 243 g/mol. The molecule has 2 aromatic rings.